The number of likely N-dealkylation sites (tertiary alicyclic amines) is 1. The van der Waals surface area contributed by atoms with Gasteiger partial charge in [-0.2, -0.15) is 0 Å². The van der Waals surface area contributed by atoms with Gasteiger partial charge in [0.2, 0.25) is 0 Å². The number of nitrogens with zero attached hydrogens (tertiary/aromatic N) is 2. The Balaban J connectivity index is 1.34. The molecule has 1 atom stereocenters. The normalized spacial score (nSPS) is 21.7. The summed E-state index contributed by atoms with van der Waals surface area (Å²) in [6.07, 6.45) is 6.11. The lowest BCUT2D eigenvalue weighted by Crippen LogP contribution is -2.46. The number of carbonyl (C=O) groups is 1. The van der Waals surface area contributed by atoms with Gasteiger partial charge in [0.25, 0.3) is 5.91 Å². The van der Waals surface area contributed by atoms with Gasteiger partial charge in [0, 0.05) is 31.3 Å². The van der Waals surface area contributed by atoms with Gasteiger partial charge in [-0.15, -0.1) is 0 Å². The van der Waals surface area contributed by atoms with E-state index in [9.17, 15) is 4.79 Å². The van der Waals surface area contributed by atoms with E-state index in [0.29, 0.717) is 6.61 Å². The minimum Gasteiger partial charge on any atom is -0.486 e. The van der Waals surface area contributed by atoms with Crippen LogP contribution in [-0.4, -0.2) is 47.2 Å². The van der Waals surface area contributed by atoms with Crippen molar-refractivity contribution in [1.29, 1.82) is 0 Å². The molecule has 1 aromatic carbocycles. The predicted molar refractivity (Wildman–Crippen MR) is 98.3 cm³/mol. The fraction of sp³-hybridized carbons (Fsp3) is 0.429. The number of hydrogen-bond acceptors (Lipinski definition) is 4. The average molecular weight is 352 g/mol. The van der Waals surface area contributed by atoms with E-state index >= 15 is 0 Å². The van der Waals surface area contributed by atoms with Gasteiger partial charge < -0.3 is 14.4 Å². The highest BCUT2D eigenvalue weighted by Gasteiger charge is 2.44. The molecule has 1 aromatic heterocycles. The molecule has 0 bridgehead atoms. The van der Waals surface area contributed by atoms with E-state index in [1.807, 2.05) is 48.2 Å². The third kappa shape index (κ3) is 3.58. The summed E-state index contributed by atoms with van der Waals surface area (Å²) in [5.41, 5.74) is 1.72. The molecule has 0 radical (unpaired) electrons. The van der Waals surface area contributed by atoms with Crippen LogP contribution in [0.25, 0.3) is 0 Å². The molecule has 0 N–H and O–H groups in total. The van der Waals surface area contributed by atoms with Crippen molar-refractivity contribution in [3.8, 4) is 5.75 Å². The molecule has 2 aliphatic heterocycles. The minimum atomic E-state index is -0.156. The van der Waals surface area contributed by atoms with E-state index in [-0.39, 0.29) is 17.6 Å². The Morgan fingerprint density at radius 2 is 2.12 bits per heavy atom. The Labute approximate surface area is 153 Å². The second-order valence-electron chi connectivity index (χ2n) is 7.29. The Morgan fingerprint density at radius 1 is 1.27 bits per heavy atom. The first kappa shape index (κ1) is 17.0. The molecule has 136 valence electrons. The lowest BCUT2D eigenvalue weighted by Gasteiger charge is -2.38. The topological polar surface area (TPSA) is 51.7 Å². The third-order valence-electron chi connectivity index (χ3n) is 5.34. The van der Waals surface area contributed by atoms with Crippen LogP contribution >= 0.6 is 0 Å². The molecule has 2 aromatic rings. The van der Waals surface area contributed by atoms with Crippen molar-refractivity contribution in [2.24, 2.45) is 0 Å². The fourth-order valence-electron chi connectivity index (χ4n) is 3.91. The summed E-state index contributed by atoms with van der Waals surface area (Å²) in [5, 5.41) is 0. The Bertz CT molecular complexity index is 770. The molecule has 2 saturated heterocycles. The maximum Gasteiger partial charge on any atom is 0.253 e. The number of ether oxygens (including phenoxy) is 2. The molecule has 26 heavy (non-hydrogen) atoms. The number of carbonyl (C=O) groups excluding carboxylic acids is 1. The van der Waals surface area contributed by atoms with Gasteiger partial charge in [0.15, 0.2) is 0 Å². The number of hydrogen-bond donors (Lipinski definition) is 0. The largest absolute Gasteiger partial charge is 0.486 e. The van der Waals surface area contributed by atoms with Gasteiger partial charge >= 0.3 is 0 Å². The number of aromatic nitrogens is 1. The second kappa shape index (κ2) is 7.08. The van der Waals surface area contributed by atoms with Gasteiger partial charge in [-0.3, -0.25) is 9.78 Å². The third-order valence-corrected chi connectivity index (χ3v) is 5.34. The predicted octanol–water partition coefficient (Wildman–Crippen LogP) is 3.23. The van der Waals surface area contributed by atoms with E-state index in [1.54, 1.807) is 12.4 Å². The van der Waals surface area contributed by atoms with Crippen LogP contribution in [0.1, 0.15) is 35.2 Å². The number of benzene rings is 1. The minimum absolute atomic E-state index is 0.0539. The highest BCUT2D eigenvalue weighted by atomic mass is 16.6. The van der Waals surface area contributed by atoms with Crippen LogP contribution in [0.3, 0.4) is 0 Å². The molecule has 1 spiro atoms. The fourth-order valence-corrected chi connectivity index (χ4v) is 3.91. The maximum atomic E-state index is 12.7. The van der Waals surface area contributed by atoms with Crippen LogP contribution in [0, 0.1) is 6.92 Å². The first-order valence-corrected chi connectivity index (χ1v) is 9.20. The van der Waals surface area contributed by atoms with Crippen molar-refractivity contribution in [2.45, 2.75) is 37.9 Å². The van der Waals surface area contributed by atoms with Crippen LogP contribution in [0.5, 0.6) is 5.75 Å². The smallest absolute Gasteiger partial charge is 0.253 e. The van der Waals surface area contributed by atoms with Crippen molar-refractivity contribution in [2.75, 3.05) is 19.7 Å². The first-order chi connectivity index (χ1) is 12.6. The molecule has 0 aliphatic carbocycles. The molecule has 1 unspecified atom stereocenters. The van der Waals surface area contributed by atoms with Crippen molar-refractivity contribution in [3.63, 3.8) is 0 Å². The summed E-state index contributed by atoms with van der Waals surface area (Å²) in [6.45, 7) is 4.07. The first-order valence-electron chi connectivity index (χ1n) is 9.20. The standard InChI is InChI=1S/C21H24N2O3/c1-16-4-2-5-17(12-16)20(24)23-10-7-21(8-11-23)13-19(15-25-21)26-18-6-3-9-22-14-18/h2-6,9,12,14,19H,7-8,10-11,13,15H2,1H3. The van der Waals surface area contributed by atoms with E-state index in [4.69, 9.17) is 9.47 Å². The van der Waals surface area contributed by atoms with E-state index < -0.39 is 0 Å². The van der Waals surface area contributed by atoms with Crippen molar-refractivity contribution < 1.29 is 14.3 Å². The zero-order valence-corrected chi connectivity index (χ0v) is 15.1. The molecule has 5 nitrogen and oxygen atoms in total. The summed E-state index contributed by atoms with van der Waals surface area (Å²) in [4.78, 5) is 18.7. The van der Waals surface area contributed by atoms with Crippen molar-refractivity contribution >= 4 is 5.91 Å². The number of piperidine rings is 1. The van der Waals surface area contributed by atoms with Crippen LogP contribution < -0.4 is 4.74 Å². The summed E-state index contributed by atoms with van der Waals surface area (Å²) < 4.78 is 12.1. The second-order valence-corrected chi connectivity index (χ2v) is 7.29. The van der Waals surface area contributed by atoms with Gasteiger partial charge in [0.05, 0.1) is 18.4 Å². The highest BCUT2D eigenvalue weighted by molar-refractivity contribution is 5.94. The SMILES string of the molecule is Cc1cccc(C(=O)N2CCC3(CC2)CC(Oc2cccnc2)CO3)c1. The number of amides is 1. The highest BCUT2D eigenvalue weighted by Crippen LogP contribution is 2.37. The van der Waals surface area contributed by atoms with E-state index in [2.05, 4.69) is 4.98 Å². The quantitative estimate of drug-likeness (QED) is 0.851. The molecular formula is C21H24N2O3. The number of pyridine rings is 1. The molecule has 2 fully saturated rings. The van der Waals surface area contributed by atoms with Gasteiger partial charge in [-0.05, 0) is 44.0 Å². The molecule has 1 amide bonds. The summed E-state index contributed by atoms with van der Waals surface area (Å²) in [6, 6.07) is 11.6. The van der Waals surface area contributed by atoms with Crippen molar-refractivity contribution in [3.05, 3.63) is 59.9 Å². The molecule has 3 heterocycles. The summed E-state index contributed by atoms with van der Waals surface area (Å²) >= 11 is 0. The molecule has 5 heteroatoms. The number of rotatable bonds is 3. The number of aryl methyl sites for hydroxylation is 1. The molecule has 0 saturated carbocycles. The lowest BCUT2D eigenvalue weighted by atomic mass is 9.87. The molecule has 2 aliphatic rings. The van der Waals surface area contributed by atoms with Gasteiger partial charge in [-0.1, -0.05) is 17.7 Å². The Hall–Kier alpha value is -2.40. The summed E-state index contributed by atoms with van der Waals surface area (Å²) in [7, 11) is 0. The monoisotopic (exact) mass is 352 g/mol. The zero-order valence-electron chi connectivity index (χ0n) is 15.1. The van der Waals surface area contributed by atoms with Crippen LogP contribution in [-0.2, 0) is 4.74 Å². The van der Waals surface area contributed by atoms with Gasteiger partial charge in [0.1, 0.15) is 11.9 Å². The van der Waals surface area contributed by atoms with Crippen LogP contribution in [0.15, 0.2) is 48.8 Å². The lowest BCUT2D eigenvalue weighted by molar-refractivity contribution is -0.0395. The van der Waals surface area contributed by atoms with Gasteiger partial charge in [-0.25, -0.2) is 0 Å². The summed E-state index contributed by atoms with van der Waals surface area (Å²) in [5.74, 6) is 0.898. The molecular weight excluding hydrogens is 328 g/mol. The van der Waals surface area contributed by atoms with Crippen molar-refractivity contribution in [1.82, 2.24) is 9.88 Å². The van der Waals surface area contributed by atoms with Crippen LogP contribution in [0.4, 0.5) is 0 Å². The Kier molecular flexibility index (Phi) is 4.64. The van der Waals surface area contributed by atoms with E-state index in [0.717, 1.165) is 49.2 Å². The maximum absolute atomic E-state index is 12.7. The van der Waals surface area contributed by atoms with E-state index in [1.165, 1.54) is 0 Å². The zero-order chi connectivity index (χ0) is 18.0. The average Bonchev–Trinajstić information content (AvgIpc) is 3.05. The Morgan fingerprint density at radius 3 is 2.85 bits per heavy atom. The molecule has 4 rings (SSSR count). The van der Waals surface area contributed by atoms with Crippen LogP contribution in [0.2, 0.25) is 0 Å².